The van der Waals surface area contributed by atoms with Gasteiger partial charge in [-0.3, -0.25) is 0 Å². The summed E-state index contributed by atoms with van der Waals surface area (Å²) in [6, 6.07) is 27.1. The molecule has 0 saturated heterocycles. The zero-order valence-corrected chi connectivity index (χ0v) is 21.2. The van der Waals surface area contributed by atoms with Gasteiger partial charge in [0, 0.05) is 0 Å². The van der Waals surface area contributed by atoms with E-state index in [2.05, 4.69) is 111 Å². The zero-order chi connectivity index (χ0) is 21.9. The minimum absolute atomic E-state index is 1.20. The first-order chi connectivity index (χ1) is 15.2. The van der Waals surface area contributed by atoms with Gasteiger partial charge in [-0.25, -0.2) is 0 Å². The molecule has 0 aromatic heterocycles. The summed E-state index contributed by atoms with van der Waals surface area (Å²) in [5, 5.41) is 0. The third-order valence-electron chi connectivity index (χ3n) is 4.73. The molecule has 0 spiro atoms. The van der Waals surface area contributed by atoms with Gasteiger partial charge in [-0.1, -0.05) is 0 Å². The molecule has 0 saturated carbocycles. The van der Waals surface area contributed by atoms with Crippen LogP contribution in [0.1, 0.15) is 16.7 Å². The first-order valence-electron chi connectivity index (χ1n) is 10.2. The first-order valence-corrected chi connectivity index (χ1v) is 15.4. The standard InChI is InChI=1S/3C10H9.Bi/c3*1-2-3-7-10-8-5-4-6-9-10;/h3*2-3,5-9H,1H2;. The van der Waals surface area contributed by atoms with Crippen molar-refractivity contribution >= 4 is 49.8 Å². The Kier molecular flexibility index (Phi) is 8.76. The van der Waals surface area contributed by atoms with E-state index in [1.807, 2.05) is 18.2 Å². The zero-order valence-electron chi connectivity index (χ0n) is 17.7. The van der Waals surface area contributed by atoms with Crippen molar-refractivity contribution in [1.29, 1.82) is 0 Å². The van der Waals surface area contributed by atoms with Crippen molar-refractivity contribution in [3.63, 3.8) is 0 Å². The van der Waals surface area contributed by atoms with Gasteiger partial charge >= 0.3 is 195 Å². The fourth-order valence-electron chi connectivity index (χ4n) is 3.19. The van der Waals surface area contributed by atoms with E-state index in [1.54, 1.807) is 18.2 Å². The fourth-order valence-corrected chi connectivity index (χ4v) is 11.9. The molecule has 1 heteroatoms. The van der Waals surface area contributed by atoms with E-state index in [1.165, 1.54) is 26.5 Å². The summed E-state index contributed by atoms with van der Waals surface area (Å²) in [5.41, 5.74) is 3.59. The van der Waals surface area contributed by atoms with Gasteiger partial charge in [0.25, 0.3) is 0 Å². The summed E-state index contributed by atoms with van der Waals surface area (Å²) in [4.78, 5) is 0. The first kappa shape index (κ1) is 22.7. The molecule has 3 aromatic carbocycles. The number of rotatable bonds is 9. The molecule has 0 heterocycles. The average Bonchev–Trinajstić information content (AvgIpc) is 2.82. The molecular formula is C30H27Bi. The van der Waals surface area contributed by atoms with Crippen molar-refractivity contribution < 1.29 is 0 Å². The van der Waals surface area contributed by atoms with Gasteiger partial charge in [0.2, 0.25) is 0 Å². The van der Waals surface area contributed by atoms with Crippen LogP contribution in [0, 0.1) is 0 Å². The fraction of sp³-hybridized carbons (Fsp3) is 0. The quantitative estimate of drug-likeness (QED) is 0.217. The van der Waals surface area contributed by atoms with Crippen LogP contribution in [-0.2, 0) is 0 Å². The second-order valence-electron chi connectivity index (χ2n) is 6.89. The van der Waals surface area contributed by atoms with E-state index >= 15 is 0 Å². The van der Waals surface area contributed by atoms with E-state index < -0.39 is 21.8 Å². The van der Waals surface area contributed by atoms with Crippen LogP contribution in [-0.4, -0.2) is 21.8 Å². The average molecular weight is 597 g/mol. The van der Waals surface area contributed by atoms with E-state index in [4.69, 9.17) is 0 Å². The summed E-state index contributed by atoms with van der Waals surface area (Å²) < 4.78 is 4.40. The molecule has 0 N–H and O–H groups in total. The van der Waals surface area contributed by atoms with Gasteiger partial charge < -0.3 is 0 Å². The molecule has 0 radical (unpaired) electrons. The SMILES string of the molecule is C=CC=Cc1cc[c]([Bi]([c]2ccc(C=CC=C)cc2)[c]2ccc(C=CC=C)cc2)cc1. The number of hydrogen-bond donors (Lipinski definition) is 0. The maximum absolute atomic E-state index is 3.75. The maximum atomic E-state index is 3.75. The molecule has 0 aliphatic rings. The molecule has 0 atom stereocenters. The Balaban J connectivity index is 2.01. The molecule has 0 aliphatic heterocycles. The summed E-state index contributed by atoms with van der Waals surface area (Å²) in [6.45, 7) is 11.3. The van der Waals surface area contributed by atoms with E-state index in [0.717, 1.165) is 0 Å². The van der Waals surface area contributed by atoms with Crippen LogP contribution in [0.5, 0.6) is 0 Å². The topological polar surface area (TPSA) is 0 Å². The Morgan fingerprint density at radius 2 is 0.677 bits per heavy atom. The number of hydrogen-bond acceptors (Lipinski definition) is 0. The van der Waals surface area contributed by atoms with Crippen LogP contribution >= 0.6 is 0 Å². The number of allylic oxidation sites excluding steroid dienone is 6. The van der Waals surface area contributed by atoms with Crippen molar-refractivity contribution in [1.82, 2.24) is 0 Å². The Bertz CT molecular complexity index is 946. The second-order valence-corrected chi connectivity index (χ2v) is 15.5. The molecule has 3 rings (SSSR count). The Morgan fingerprint density at radius 1 is 0.419 bits per heavy atom. The summed E-state index contributed by atoms with van der Waals surface area (Å²) in [7, 11) is 0. The summed E-state index contributed by atoms with van der Waals surface area (Å²) >= 11 is -2.40. The van der Waals surface area contributed by atoms with Crippen molar-refractivity contribution in [2.24, 2.45) is 0 Å². The molecule has 3 aromatic rings. The Morgan fingerprint density at radius 3 is 0.903 bits per heavy atom. The van der Waals surface area contributed by atoms with E-state index in [-0.39, 0.29) is 0 Å². The molecule has 152 valence electrons. The summed E-state index contributed by atoms with van der Waals surface area (Å²) in [5.74, 6) is 0. The van der Waals surface area contributed by atoms with Crippen molar-refractivity contribution in [2.45, 2.75) is 0 Å². The van der Waals surface area contributed by atoms with Crippen molar-refractivity contribution in [3.8, 4) is 0 Å². The van der Waals surface area contributed by atoms with E-state index in [0.29, 0.717) is 0 Å². The van der Waals surface area contributed by atoms with Gasteiger partial charge in [-0.15, -0.1) is 0 Å². The molecular weight excluding hydrogens is 569 g/mol. The third-order valence-corrected chi connectivity index (χ3v) is 14.2. The molecule has 31 heavy (non-hydrogen) atoms. The molecule has 0 bridgehead atoms. The Labute approximate surface area is 194 Å². The molecule has 0 nitrogen and oxygen atoms in total. The van der Waals surface area contributed by atoms with Gasteiger partial charge in [-0.05, 0) is 0 Å². The molecule has 0 aliphatic carbocycles. The summed E-state index contributed by atoms with van der Waals surface area (Å²) in [6.07, 6.45) is 17.6. The van der Waals surface area contributed by atoms with Crippen LogP contribution in [0.25, 0.3) is 18.2 Å². The van der Waals surface area contributed by atoms with Crippen LogP contribution in [0.15, 0.2) is 129 Å². The van der Waals surface area contributed by atoms with Gasteiger partial charge in [0.15, 0.2) is 0 Å². The molecule has 0 amide bonds. The van der Waals surface area contributed by atoms with Gasteiger partial charge in [0.1, 0.15) is 0 Å². The third kappa shape index (κ3) is 6.48. The van der Waals surface area contributed by atoms with E-state index in [9.17, 15) is 0 Å². The van der Waals surface area contributed by atoms with Crippen LogP contribution in [0.4, 0.5) is 0 Å². The normalized spacial score (nSPS) is 11.5. The van der Waals surface area contributed by atoms with Gasteiger partial charge in [-0.2, -0.15) is 0 Å². The monoisotopic (exact) mass is 596 g/mol. The van der Waals surface area contributed by atoms with Crippen molar-refractivity contribution in [3.05, 3.63) is 146 Å². The molecule has 0 fully saturated rings. The number of benzene rings is 3. The predicted octanol–water partition coefficient (Wildman–Crippen LogP) is 5.80. The van der Waals surface area contributed by atoms with Crippen LogP contribution in [0.2, 0.25) is 0 Å². The van der Waals surface area contributed by atoms with Crippen LogP contribution < -0.4 is 9.81 Å². The second kappa shape index (κ2) is 12.0. The Hall–Kier alpha value is -3.02. The van der Waals surface area contributed by atoms with Gasteiger partial charge in [0.05, 0.1) is 0 Å². The molecule has 0 unspecified atom stereocenters. The van der Waals surface area contributed by atoms with Crippen molar-refractivity contribution in [2.75, 3.05) is 0 Å². The van der Waals surface area contributed by atoms with Crippen LogP contribution in [0.3, 0.4) is 0 Å². The predicted molar refractivity (Wildman–Crippen MR) is 142 cm³/mol. The minimum atomic E-state index is -2.40.